The summed E-state index contributed by atoms with van der Waals surface area (Å²) in [7, 11) is 0. The molecule has 7 heteroatoms. The second kappa shape index (κ2) is 7.70. The standard InChI is InChI=1S/C14H19BrFN3OS/c1-7(2)6-18-14(20)8(3)19-10-5-4-9(13(17)21)11(15)12(10)16/h4-5,7-8,19H,6H2,1-3H3,(H2,17,21)(H,18,20). The summed E-state index contributed by atoms with van der Waals surface area (Å²) >= 11 is 7.96. The zero-order valence-corrected chi connectivity index (χ0v) is 14.6. The van der Waals surface area contributed by atoms with Gasteiger partial charge in [-0.25, -0.2) is 4.39 Å². The zero-order valence-electron chi connectivity index (χ0n) is 12.2. The number of nitrogens with two attached hydrogens (primary N) is 1. The molecule has 1 atom stereocenters. The molecule has 1 aromatic rings. The van der Waals surface area contributed by atoms with Crippen LogP contribution >= 0.6 is 28.1 Å². The topological polar surface area (TPSA) is 67.2 Å². The molecule has 21 heavy (non-hydrogen) atoms. The first-order chi connectivity index (χ1) is 9.73. The van der Waals surface area contributed by atoms with Gasteiger partial charge in [-0.15, -0.1) is 0 Å². The number of benzene rings is 1. The summed E-state index contributed by atoms with van der Waals surface area (Å²) in [5, 5.41) is 5.63. The predicted octanol–water partition coefficient (Wildman–Crippen LogP) is 2.79. The minimum Gasteiger partial charge on any atom is -0.389 e. The molecule has 0 saturated heterocycles. The van der Waals surface area contributed by atoms with Gasteiger partial charge in [-0.3, -0.25) is 4.79 Å². The fourth-order valence-electron chi connectivity index (χ4n) is 1.61. The number of hydrogen-bond acceptors (Lipinski definition) is 3. The summed E-state index contributed by atoms with van der Waals surface area (Å²) in [4.78, 5) is 12.0. The number of carbonyl (C=O) groups excluding carboxylic acids is 1. The van der Waals surface area contributed by atoms with E-state index in [1.807, 2.05) is 13.8 Å². The molecular formula is C14H19BrFN3OS. The van der Waals surface area contributed by atoms with Gasteiger partial charge in [-0.05, 0) is 40.9 Å². The third-order valence-corrected chi connectivity index (χ3v) is 3.79. The summed E-state index contributed by atoms with van der Waals surface area (Å²) in [5.74, 6) is -0.349. The number of carbonyl (C=O) groups is 1. The number of hydrogen-bond donors (Lipinski definition) is 3. The molecule has 0 saturated carbocycles. The second-order valence-corrected chi connectivity index (χ2v) is 6.39. The van der Waals surface area contributed by atoms with E-state index in [0.29, 0.717) is 18.0 Å². The van der Waals surface area contributed by atoms with Gasteiger partial charge in [-0.1, -0.05) is 26.1 Å². The first-order valence-corrected chi connectivity index (χ1v) is 7.76. The molecule has 4 N–H and O–H groups in total. The Hall–Kier alpha value is -1.21. The minimum absolute atomic E-state index is 0.107. The molecule has 0 radical (unpaired) electrons. The van der Waals surface area contributed by atoms with E-state index in [9.17, 15) is 9.18 Å². The van der Waals surface area contributed by atoms with Crippen molar-refractivity contribution in [3.63, 3.8) is 0 Å². The van der Waals surface area contributed by atoms with Crippen LogP contribution in [0.3, 0.4) is 0 Å². The molecule has 0 aromatic heterocycles. The molecule has 1 rings (SSSR count). The molecule has 0 aliphatic heterocycles. The molecule has 1 aromatic carbocycles. The highest BCUT2D eigenvalue weighted by Gasteiger charge is 2.17. The monoisotopic (exact) mass is 375 g/mol. The zero-order chi connectivity index (χ0) is 16.2. The maximum Gasteiger partial charge on any atom is 0.242 e. The smallest absolute Gasteiger partial charge is 0.242 e. The van der Waals surface area contributed by atoms with E-state index >= 15 is 0 Å². The van der Waals surface area contributed by atoms with Crippen LogP contribution in [0.1, 0.15) is 26.3 Å². The van der Waals surface area contributed by atoms with Gasteiger partial charge in [0.25, 0.3) is 0 Å². The van der Waals surface area contributed by atoms with Crippen LogP contribution < -0.4 is 16.4 Å². The Labute approximate surface area is 137 Å². The Kier molecular flexibility index (Phi) is 6.54. The minimum atomic E-state index is -0.555. The highest BCUT2D eigenvalue weighted by atomic mass is 79.9. The summed E-state index contributed by atoms with van der Waals surface area (Å²) < 4.78 is 14.4. The van der Waals surface area contributed by atoms with Crippen LogP contribution in [0.25, 0.3) is 0 Å². The summed E-state index contributed by atoms with van der Waals surface area (Å²) in [6.07, 6.45) is 0. The number of halogens is 2. The van der Waals surface area contributed by atoms with E-state index < -0.39 is 11.9 Å². The lowest BCUT2D eigenvalue weighted by Crippen LogP contribution is -2.39. The van der Waals surface area contributed by atoms with Crippen LogP contribution in [0, 0.1) is 11.7 Å². The van der Waals surface area contributed by atoms with Crippen molar-refractivity contribution in [3.8, 4) is 0 Å². The third-order valence-electron chi connectivity index (χ3n) is 2.80. The average Bonchev–Trinajstić information content (AvgIpc) is 2.40. The number of rotatable bonds is 6. The van der Waals surface area contributed by atoms with Gasteiger partial charge < -0.3 is 16.4 Å². The number of nitrogens with one attached hydrogen (secondary N) is 2. The maximum atomic E-state index is 14.2. The summed E-state index contributed by atoms with van der Waals surface area (Å²) in [6, 6.07) is 2.57. The quantitative estimate of drug-likeness (QED) is 0.668. The van der Waals surface area contributed by atoms with Crippen LogP contribution in [-0.2, 0) is 4.79 Å². The van der Waals surface area contributed by atoms with Crippen molar-refractivity contribution in [1.29, 1.82) is 0 Å². The van der Waals surface area contributed by atoms with Crippen molar-refractivity contribution in [2.75, 3.05) is 11.9 Å². The van der Waals surface area contributed by atoms with Crippen LogP contribution in [0.4, 0.5) is 10.1 Å². The first kappa shape index (κ1) is 17.8. The van der Waals surface area contributed by atoms with Gasteiger partial charge >= 0.3 is 0 Å². The maximum absolute atomic E-state index is 14.2. The fourth-order valence-corrected chi connectivity index (χ4v) is 2.47. The molecule has 0 spiro atoms. The van der Waals surface area contributed by atoms with Crippen molar-refractivity contribution in [2.45, 2.75) is 26.8 Å². The lowest BCUT2D eigenvalue weighted by Gasteiger charge is -2.17. The molecule has 0 bridgehead atoms. The Morgan fingerprint density at radius 3 is 2.57 bits per heavy atom. The molecule has 1 unspecified atom stereocenters. The Morgan fingerprint density at radius 1 is 1.43 bits per heavy atom. The number of anilines is 1. The highest BCUT2D eigenvalue weighted by molar-refractivity contribution is 9.10. The van der Waals surface area contributed by atoms with Crippen LogP contribution in [-0.4, -0.2) is 23.5 Å². The van der Waals surface area contributed by atoms with E-state index in [0.717, 1.165) is 0 Å². The van der Waals surface area contributed by atoms with Gasteiger partial charge in [0.05, 0.1) is 10.2 Å². The van der Waals surface area contributed by atoms with Gasteiger partial charge in [-0.2, -0.15) is 0 Å². The first-order valence-electron chi connectivity index (χ1n) is 6.56. The molecular weight excluding hydrogens is 357 g/mol. The highest BCUT2D eigenvalue weighted by Crippen LogP contribution is 2.27. The van der Waals surface area contributed by atoms with E-state index in [1.54, 1.807) is 13.0 Å². The second-order valence-electron chi connectivity index (χ2n) is 5.16. The van der Waals surface area contributed by atoms with Crippen molar-refractivity contribution < 1.29 is 9.18 Å². The summed E-state index contributed by atoms with van der Waals surface area (Å²) in [5.41, 5.74) is 6.14. The van der Waals surface area contributed by atoms with E-state index in [1.165, 1.54) is 6.07 Å². The third kappa shape index (κ3) is 4.93. The fraction of sp³-hybridized carbons (Fsp3) is 0.429. The molecule has 0 fully saturated rings. The van der Waals surface area contributed by atoms with E-state index in [4.69, 9.17) is 18.0 Å². The molecule has 0 heterocycles. The normalized spacial score (nSPS) is 12.1. The molecule has 1 amide bonds. The van der Waals surface area contributed by atoms with Crippen molar-refractivity contribution in [1.82, 2.24) is 5.32 Å². The lowest BCUT2D eigenvalue weighted by atomic mass is 10.1. The van der Waals surface area contributed by atoms with Gasteiger partial charge in [0.15, 0.2) is 5.82 Å². The molecule has 116 valence electrons. The largest absolute Gasteiger partial charge is 0.389 e. The molecule has 0 aliphatic carbocycles. The van der Waals surface area contributed by atoms with Gasteiger partial charge in [0.2, 0.25) is 5.91 Å². The van der Waals surface area contributed by atoms with Crippen LogP contribution in [0.5, 0.6) is 0 Å². The average molecular weight is 376 g/mol. The van der Waals surface area contributed by atoms with Crippen LogP contribution in [0.2, 0.25) is 0 Å². The Bertz CT molecular complexity index is 551. The van der Waals surface area contributed by atoms with Crippen molar-refractivity contribution in [2.24, 2.45) is 11.7 Å². The Balaban J connectivity index is 2.81. The van der Waals surface area contributed by atoms with Crippen molar-refractivity contribution in [3.05, 3.63) is 28.0 Å². The van der Waals surface area contributed by atoms with E-state index in [2.05, 4.69) is 26.6 Å². The van der Waals surface area contributed by atoms with Crippen molar-refractivity contribution >= 4 is 44.7 Å². The predicted molar refractivity (Wildman–Crippen MR) is 90.9 cm³/mol. The lowest BCUT2D eigenvalue weighted by molar-refractivity contribution is -0.121. The van der Waals surface area contributed by atoms with Gasteiger partial charge in [0.1, 0.15) is 11.0 Å². The molecule has 4 nitrogen and oxygen atoms in total. The number of amides is 1. The SMILES string of the molecule is CC(C)CNC(=O)C(C)Nc1ccc(C(N)=S)c(Br)c1F. The summed E-state index contributed by atoms with van der Waals surface area (Å²) in [6.45, 7) is 6.26. The van der Waals surface area contributed by atoms with E-state index in [-0.39, 0.29) is 21.1 Å². The molecule has 0 aliphatic rings. The van der Waals surface area contributed by atoms with Crippen LogP contribution in [0.15, 0.2) is 16.6 Å². The number of thiocarbonyl (C=S) groups is 1. The Morgan fingerprint density at radius 2 is 2.05 bits per heavy atom. The van der Waals surface area contributed by atoms with Gasteiger partial charge in [0, 0.05) is 12.1 Å².